The lowest BCUT2D eigenvalue weighted by atomic mass is 9.52. The van der Waals surface area contributed by atoms with Crippen molar-refractivity contribution < 1.29 is 4.79 Å². The molecule has 1 N–H and O–H groups in total. The summed E-state index contributed by atoms with van der Waals surface area (Å²) >= 11 is 1.42. The highest BCUT2D eigenvalue weighted by Crippen LogP contribution is 2.58. The summed E-state index contributed by atoms with van der Waals surface area (Å²) in [4.78, 5) is 14.0. The fourth-order valence-electron chi connectivity index (χ4n) is 5.19. The lowest BCUT2D eigenvalue weighted by Crippen LogP contribution is -2.61. The van der Waals surface area contributed by atoms with Crippen LogP contribution < -0.4 is 0 Å². The van der Waals surface area contributed by atoms with Crippen LogP contribution in [0.5, 0.6) is 0 Å². The van der Waals surface area contributed by atoms with Crippen LogP contribution in [-0.4, -0.2) is 27.3 Å². The largest absolute Gasteiger partial charge is 0.285 e. The molecule has 0 radical (unpaired) electrons. The molecule has 0 aromatic rings. The molecule has 5 rings (SSSR count). The van der Waals surface area contributed by atoms with Gasteiger partial charge in [0.15, 0.2) is 5.17 Å². The number of hydrogen-bond donors (Lipinski definition) is 1. The van der Waals surface area contributed by atoms with E-state index in [4.69, 9.17) is 5.41 Å². The van der Waals surface area contributed by atoms with Crippen molar-refractivity contribution in [3.8, 4) is 0 Å². The van der Waals surface area contributed by atoms with Gasteiger partial charge in [-0.05, 0) is 56.3 Å². The summed E-state index contributed by atoms with van der Waals surface area (Å²) in [5.74, 6) is 3.22. The van der Waals surface area contributed by atoms with E-state index in [0.717, 1.165) is 17.8 Å². The fourth-order valence-corrected chi connectivity index (χ4v) is 6.01. The molecule has 92 valence electrons. The van der Waals surface area contributed by atoms with Crippen LogP contribution in [0.15, 0.2) is 0 Å². The van der Waals surface area contributed by atoms with Crippen molar-refractivity contribution in [2.45, 2.75) is 44.1 Å². The minimum atomic E-state index is 0.0619. The molecule has 0 aromatic heterocycles. The highest BCUT2D eigenvalue weighted by Gasteiger charge is 2.56. The van der Waals surface area contributed by atoms with Gasteiger partial charge in [-0.1, -0.05) is 11.8 Å². The van der Waals surface area contributed by atoms with Crippen LogP contribution in [0.25, 0.3) is 0 Å². The van der Waals surface area contributed by atoms with Gasteiger partial charge in [0.25, 0.3) is 0 Å². The standard InChI is InChI=1S/C13H18N2OS/c14-12-15(11(16)7-17-12)13-4-8-1-9(5-13)3-10(2-8)6-13/h8-10,14H,1-7H2. The van der Waals surface area contributed by atoms with E-state index < -0.39 is 0 Å². The molecular weight excluding hydrogens is 232 g/mol. The molecule has 1 saturated heterocycles. The summed E-state index contributed by atoms with van der Waals surface area (Å²) in [6.45, 7) is 0. The van der Waals surface area contributed by atoms with Crippen LogP contribution in [0.3, 0.4) is 0 Å². The Bertz CT molecular complexity index is 355. The molecule has 1 heterocycles. The smallest absolute Gasteiger partial charge is 0.239 e. The summed E-state index contributed by atoms with van der Waals surface area (Å²) in [5.41, 5.74) is 0.0619. The van der Waals surface area contributed by atoms with E-state index in [1.807, 2.05) is 4.90 Å². The maximum atomic E-state index is 12.1. The number of hydrogen-bond acceptors (Lipinski definition) is 3. The second-order valence-electron chi connectivity index (χ2n) is 6.46. The zero-order valence-electron chi connectivity index (χ0n) is 9.95. The maximum absolute atomic E-state index is 12.1. The fraction of sp³-hybridized carbons (Fsp3) is 0.846. The monoisotopic (exact) mass is 250 g/mol. The van der Waals surface area contributed by atoms with Gasteiger partial charge >= 0.3 is 0 Å². The minimum absolute atomic E-state index is 0.0619. The number of rotatable bonds is 1. The zero-order valence-corrected chi connectivity index (χ0v) is 10.8. The number of thioether (sulfide) groups is 1. The summed E-state index contributed by atoms with van der Waals surface area (Å²) in [6, 6.07) is 0. The molecule has 0 aromatic carbocycles. The van der Waals surface area contributed by atoms with Crippen LogP contribution in [0, 0.1) is 23.2 Å². The quantitative estimate of drug-likeness (QED) is 0.777. The van der Waals surface area contributed by atoms with Gasteiger partial charge in [0.1, 0.15) is 0 Å². The van der Waals surface area contributed by atoms with Crippen molar-refractivity contribution in [2.24, 2.45) is 17.8 Å². The van der Waals surface area contributed by atoms with Crippen molar-refractivity contribution in [2.75, 3.05) is 5.75 Å². The zero-order chi connectivity index (χ0) is 11.6. The third-order valence-corrected chi connectivity index (χ3v) is 6.11. The lowest BCUT2D eigenvalue weighted by molar-refractivity contribution is -0.137. The van der Waals surface area contributed by atoms with Gasteiger partial charge in [0.05, 0.1) is 11.3 Å². The van der Waals surface area contributed by atoms with Crippen LogP contribution in [0.4, 0.5) is 0 Å². The number of amidine groups is 1. The van der Waals surface area contributed by atoms with Crippen LogP contribution >= 0.6 is 11.8 Å². The molecule has 0 unspecified atom stereocenters. The number of amides is 1. The van der Waals surface area contributed by atoms with Gasteiger partial charge in [-0.15, -0.1) is 0 Å². The Morgan fingerprint density at radius 3 is 2.06 bits per heavy atom. The molecule has 4 bridgehead atoms. The molecule has 4 aliphatic carbocycles. The number of nitrogens with zero attached hydrogens (tertiary/aromatic N) is 1. The van der Waals surface area contributed by atoms with Crippen LogP contribution in [-0.2, 0) is 4.79 Å². The predicted octanol–water partition coefficient (Wildman–Crippen LogP) is 2.47. The van der Waals surface area contributed by atoms with Crippen molar-refractivity contribution in [1.82, 2.24) is 4.90 Å². The first-order valence-electron chi connectivity index (χ1n) is 6.71. The first kappa shape index (κ1) is 10.4. The average molecular weight is 250 g/mol. The molecule has 4 heteroatoms. The maximum Gasteiger partial charge on any atom is 0.239 e. The third-order valence-electron chi connectivity index (χ3n) is 5.27. The molecule has 1 amide bonds. The van der Waals surface area contributed by atoms with E-state index in [2.05, 4.69) is 0 Å². The van der Waals surface area contributed by atoms with Crippen molar-refractivity contribution in [1.29, 1.82) is 5.41 Å². The SMILES string of the molecule is N=C1SCC(=O)N1C12CC3CC(CC(C3)C1)C2. The van der Waals surface area contributed by atoms with Gasteiger partial charge in [-0.25, -0.2) is 0 Å². The summed E-state index contributed by atoms with van der Waals surface area (Å²) in [7, 11) is 0. The van der Waals surface area contributed by atoms with E-state index in [1.165, 1.54) is 50.3 Å². The molecule has 0 atom stereocenters. The molecule has 5 aliphatic rings. The van der Waals surface area contributed by atoms with E-state index in [0.29, 0.717) is 10.9 Å². The Morgan fingerprint density at radius 1 is 1.12 bits per heavy atom. The van der Waals surface area contributed by atoms with Crippen molar-refractivity contribution >= 4 is 22.8 Å². The molecule has 1 aliphatic heterocycles. The van der Waals surface area contributed by atoms with Gasteiger partial charge in [-0.3, -0.25) is 15.1 Å². The second-order valence-corrected chi connectivity index (χ2v) is 7.43. The Hall–Kier alpha value is -0.510. The Morgan fingerprint density at radius 2 is 1.65 bits per heavy atom. The minimum Gasteiger partial charge on any atom is -0.285 e. The second kappa shape index (κ2) is 3.28. The van der Waals surface area contributed by atoms with Crippen LogP contribution in [0.1, 0.15) is 38.5 Å². The van der Waals surface area contributed by atoms with Gasteiger partial charge < -0.3 is 0 Å². The molecule has 17 heavy (non-hydrogen) atoms. The van der Waals surface area contributed by atoms with E-state index in [1.54, 1.807) is 0 Å². The van der Waals surface area contributed by atoms with E-state index in [-0.39, 0.29) is 11.4 Å². The highest BCUT2D eigenvalue weighted by molar-refractivity contribution is 8.14. The normalized spacial score (nSPS) is 48.2. The molecule has 3 nitrogen and oxygen atoms in total. The topological polar surface area (TPSA) is 44.2 Å². The van der Waals surface area contributed by atoms with Crippen molar-refractivity contribution in [3.05, 3.63) is 0 Å². The molecule has 0 spiro atoms. The van der Waals surface area contributed by atoms with Gasteiger partial charge in [0, 0.05) is 0 Å². The van der Waals surface area contributed by atoms with Gasteiger partial charge in [0.2, 0.25) is 5.91 Å². The number of nitrogens with one attached hydrogen (secondary N) is 1. The Kier molecular flexibility index (Phi) is 2.01. The number of carbonyl (C=O) groups is 1. The molecule has 5 fully saturated rings. The highest BCUT2D eigenvalue weighted by atomic mass is 32.2. The first-order valence-corrected chi connectivity index (χ1v) is 7.69. The average Bonchev–Trinajstić information content (AvgIpc) is 2.56. The third kappa shape index (κ3) is 1.36. The molecular formula is C13H18N2OS. The summed E-state index contributed by atoms with van der Waals surface area (Å²) in [5, 5.41) is 8.56. The van der Waals surface area contributed by atoms with Crippen molar-refractivity contribution in [3.63, 3.8) is 0 Å². The summed E-state index contributed by atoms with van der Waals surface area (Å²) < 4.78 is 0. The lowest BCUT2D eigenvalue weighted by Gasteiger charge is -2.59. The van der Waals surface area contributed by atoms with E-state index in [9.17, 15) is 4.79 Å². The van der Waals surface area contributed by atoms with Gasteiger partial charge in [-0.2, -0.15) is 0 Å². The van der Waals surface area contributed by atoms with E-state index >= 15 is 0 Å². The Labute approximate surface area is 106 Å². The Balaban J connectivity index is 1.72. The molecule has 4 saturated carbocycles. The first-order chi connectivity index (χ1) is 8.16. The number of carbonyl (C=O) groups excluding carboxylic acids is 1. The van der Waals surface area contributed by atoms with Crippen LogP contribution in [0.2, 0.25) is 0 Å². The predicted molar refractivity (Wildman–Crippen MR) is 67.9 cm³/mol. The summed E-state index contributed by atoms with van der Waals surface area (Å²) in [6.07, 6.45) is 7.69.